The first-order valence-corrected chi connectivity index (χ1v) is 7.89. The Bertz CT molecular complexity index is 728. The van der Waals surface area contributed by atoms with Crippen molar-refractivity contribution in [3.63, 3.8) is 0 Å². The molecule has 120 valence electrons. The molecule has 0 bridgehead atoms. The van der Waals surface area contributed by atoms with Crippen molar-refractivity contribution < 1.29 is 9.59 Å². The highest BCUT2D eigenvalue weighted by Crippen LogP contribution is 2.22. The number of nitrogens with zero attached hydrogens (tertiary/aromatic N) is 1. The highest BCUT2D eigenvalue weighted by molar-refractivity contribution is 7.17. The van der Waals surface area contributed by atoms with Gasteiger partial charge in [-0.1, -0.05) is 29.0 Å². The molecule has 8 heteroatoms. The predicted octanol–water partition coefficient (Wildman–Crippen LogP) is 3.66. The lowest BCUT2D eigenvalue weighted by molar-refractivity contribution is 0.0961. The molecule has 3 amide bonds. The lowest BCUT2D eigenvalue weighted by Crippen LogP contribution is -2.22. The normalized spacial score (nSPS) is 10.0. The standard InChI is InChI=1S/C15H15ClN4O2S/c1-3-8-17-13(21)12-9(2)18-15(23-12)20-14(22)19-11-6-4-10(16)5-7-11/h3-7H,1,8H2,2H3,(H,17,21)(H2,18,19,20,22). The van der Waals surface area contributed by atoms with E-state index in [-0.39, 0.29) is 5.91 Å². The Morgan fingerprint density at radius 3 is 2.65 bits per heavy atom. The minimum Gasteiger partial charge on any atom is -0.348 e. The maximum absolute atomic E-state index is 11.9. The van der Waals surface area contributed by atoms with Crippen LogP contribution in [-0.2, 0) is 0 Å². The van der Waals surface area contributed by atoms with Gasteiger partial charge in [-0.15, -0.1) is 6.58 Å². The van der Waals surface area contributed by atoms with Gasteiger partial charge in [-0.3, -0.25) is 10.1 Å². The summed E-state index contributed by atoms with van der Waals surface area (Å²) < 4.78 is 0. The fraction of sp³-hybridized carbons (Fsp3) is 0.133. The monoisotopic (exact) mass is 350 g/mol. The maximum Gasteiger partial charge on any atom is 0.325 e. The second-order valence-electron chi connectivity index (χ2n) is 4.52. The number of aryl methyl sites for hydroxylation is 1. The summed E-state index contributed by atoms with van der Waals surface area (Å²) in [7, 11) is 0. The van der Waals surface area contributed by atoms with Gasteiger partial charge in [0.2, 0.25) is 0 Å². The van der Waals surface area contributed by atoms with Crippen molar-refractivity contribution in [3.05, 3.63) is 52.5 Å². The molecule has 1 heterocycles. The van der Waals surface area contributed by atoms with E-state index >= 15 is 0 Å². The minimum atomic E-state index is -0.445. The molecule has 0 fully saturated rings. The summed E-state index contributed by atoms with van der Waals surface area (Å²) in [6.07, 6.45) is 1.59. The zero-order chi connectivity index (χ0) is 16.8. The van der Waals surface area contributed by atoms with Gasteiger partial charge in [-0.05, 0) is 31.2 Å². The van der Waals surface area contributed by atoms with Crippen molar-refractivity contribution in [1.29, 1.82) is 0 Å². The number of thiazole rings is 1. The SMILES string of the molecule is C=CCNC(=O)c1sc(NC(=O)Nc2ccc(Cl)cc2)nc1C. The van der Waals surface area contributed by atoms with Crippen LogP contribution in [0.5, 0.6) is 0 Å². The highest BCUT2D eigenvalue weighted by Gasteiger charge is 2.16. The molecule has 23 heavy (non-hydrogen) atoms. The smallest absolute Gasteiger partial charge is 0.325 e. The molecule has 2 rings (SSSR count). The summed E-state index contributed by atoms with van der Waals surface area (Å²) in [4.78, 5) is 28.5. The molecule has 3 N–H and O–H groups in total. The number of anilines is 2. The number of halogens is 1. The Morgan fingerprint density at radius 2 is 2.00 bits per heavy atom. The molecule has 0 aliphatic carbocycles. The molecule has 0 saturated heterocycles. The van der Waals surface area contributed by atoms with Crippen LogP contribution in [0.15, 0.2) is 36.9 Å². The molecule has 0 saturated carbocycles. The topological polar surface area (TPSA) is 83.1 Å². The minimum absolute atomic E-state index is 0.244. The first kappa shape index (κ1) is 17.0. The number of carbonyl (C=O) groups is 2. The second-order valence-corrected chi connectivity index (χ2v) is 5.95. The highest BCUT2D eigenvalue weighted by atomic mass is 35.5. The number of urea groups is 1. The zero-order valence-electron chi connectivity index (χ0n) is 12.4. The number of hydrogen-bond acceptors (Lipinski definition) is 4. The van der Waals surface area contributed by atoms with Crippen LogP contribution in [0.4, 0.5) is 15.6 Å². The van der Waals surface area contributed by atoms with E-state index in [0.717, 1.165) is 11.3 Å². The van der Waals surface area contributed by atoms with Crippen molar-refractivity contribution >= 4 is 45.7 Å². The summed E-state index contributed by atoms with van der Waals surface area (Å²) in [5.74, 6) is -0.244. The average molecular weight is 351 g/mol. The Hall–Kier alpha value is -2.38. The number of rotatable bonds is 5. The maximum atomic E-state index is 11.9. The van der Waals surface area contributed by atoms with Gasteiger partial charge in [0.05, 0.1) is 5.69 Å². The first-order chi connectivity index (χ1) is 11.0. The summed E-state index contributed by atoms with van der Waals surface area (Å²) in [5, 5.41) is 8.86. The van der Waals surface area contributed by atoms with Gasteiger partial charge in [-0.25, -0.2) is 9.78 Å². The number of aromatic nitrogens is 1. The van der Waals surface area contributed by atoms with Gasteiger partial charge in [0.1, 0.15) is 4.88 Å². The molecule has 1 aromatic heterocycles. The van der Waals surface area contributed by atoms with Crippen LogP contribution in [0.25, 0.3) is 0 Å². The molecular formula is C15H15ClN4O2S. The number of nitrogens with one attached hydrogen (secondary N) is 3. The Labute approximate surface area is 142 Å². The second kappa shape index (κ2) is 7.75. The van der Waals surface area contributed by atoms with Gasteiger partial charge in [-0.2, -0.15) is 0 Å². The average Bonchev–Trinajstić information content (AvgIpc) is 2.87. The van der Waals surface area contributed by atoms with Gasteiger partial charge in [0, 0.05) is 17.3 Å². The van der Waals surface area contributed by atoms with E-state index in [9.17, 15) is 9.59 Å². The molecule has 0 atom stereocenters. The Balaban J connectivity index is 1.99. The molecule has 0 aliphatic rings. The molecular weight excluding hydrogens is 336 g/mol. The van der Waals surface area contributed by atoms with E-state index in [0.29, 0.717) is 33.0 Å². The van der Waals surface area contributed by atoms with Crippen LogP contribution >= 0.6 is 22.9 Å². The quantitative estimate of drug-likeness (QED) is 0.719. The molecule has 0 spiro atoms. The van der Waals surface area contributed by atoms with E-state index in [2.05, 4.69) is 27.5 Å². The summed E-state index contributed by atoms with van der Waals surface area (Å²) in [6.45, 7) is 5.62. The zero-order valence-corrected chi connectivity index (χ0v) is 13.9. The lowest BCUT2D eigenvalue weighted by Gasteiger charge is -2.05. The molecule has 0 aliphatic heterocycles. The van der Waals surface area contributed by atoms with Crippen LogP contribution in [0.1, 0.15) is 15.4 Å². The van der Waals surface area contributed by atoms with E-state index in [4.69, 9.17) is 11.6 Å². The van der Waals surface area contributed by atoms with Crippen molar-refractivity contribution in [2.75, 3.05) is 17.2 Å². The number of carbonyl (C=O) groups excluding carboxylic acids is 2. The molecule has 2 aromatic rings. The van der Waals surface area contributed by atoms with Crippen LogP contribution in [0, 0.1) is 6.92 Å². The van der Waals surface area contributed by atoms with E-state index < -0.39 is 6.03 Å². The molecule has 0 unspecified atom stereocenters. The molecule has 1 aromatic carbocycles. The third-order valence-corrected chi connectivity index (χ3v) is 4.06. The largest absolute Gasteiger partial charge is 0.348 e. The summed E-state index contributed by atoms with van der Waals surface area (Å²) >= 11 is 6.89. The molecule has 6 nitrogen and oxygen atoms in total. The Kier molecular flexibility index (Phi) is 5.72. The van der Waals surface area contributed by atoms with Crippen molar-refractivity contribution in [2.24, 2.45) is 0 Å². The first-order valence-electron chi connectivity index (χ1n) is 6.69. The summed E-state index contributed by atoms with van der Waals surface area (Å²) in [5.41, 5.74) is 1.16. The van der Waals surface area contributed by atoms with Gasteiger partial charge < -0.3 is 10.6 Å². The van der Waals surface area contributed by atoms with Gasteiger partial charge in [0.25, 0.3) is 5.91 Å². The summed E-state index contributed by atoms with van der Waals surface area (Å²) in [6, 6.07) is 6.27. The van der Waals surface area contributed by atoms with E-state index in [1.165, 1.54) is 0 Å². The van der Waals surface area contributed by atoms with Gasteiger partial charge in [0.15, 0.2) is 5.13 Å². The van der Waals surface area contributed by atoms with Crippen molar-refractivity contribution in [3.8, 4) is 0 Å². The third-order valence-electron chi connectivity index (χ3n) is 2.73. The number of hydrogen-bond donors (Lipinski definition) is 3. The van der Waals surface area contributed by atoms with Crippen LogP contribution in [-0.4, -0.2) is 23.5 Å². The van der Waals surface area contributed by atoms with Crippen LogP contribution in [0.3, 0.4) is 0 Å². The third kappa shape index (κ3) is 4.80. The number of benzene rings is 1. The Morgan fingerprint density at radius 1 is 1.30 bits per heavy atom. The van der Waals surface area contributed by atoms with E-state index in [1.54, 1.807) is 37.3 Å². The van der Waals surface area contributed by atoms with Gasteiger partial charge >= 0.3 is 6.03 Å². The van der Waals surface area contributed by atoms with Crippen LogP contribution in [0.2, 0.25) is 5.02 Å². The van der Waals surface area contributed by atoms with Crippen molar-refractivity contribution in [1.82, 2.24) is 10.3 Å². The number of amides is 3. The van der Waals surface area contributed by atoms with E-state index in [1.807, 2.05) is 0 Å². The fourth-order valence-electron chi connectivity index (χ4n) is 1.70. The fourth-order valence-corrected chi connectivity index (χ4v) is 2.70. The predicted molar refractivity (Wildman–Crippen MR) is 93.5 cm³/mol. The van der Waals surface area contributed by atoms with Crippen molar-refractivity contribution in [2.45, 2.75) is 6.92 Å². The molecule has 0 radical (unpaired) electrons. The lowest BCUT2D eigenvalue weighted by atomic mass is 10.3. The van der Waals surface area contributed by atoms with Crippen LogP contribution < -0.4 is 16.0 Å².